The minimum Gasteiger partial charge on any atom is -0.413 e. The van der Waals surface area contributed by atoms with Gasteiger partial charge in [-0.25, -0.2) is 0 Å². The normalized spacial score (nSPS) is 15.8. The Hall–Kier alpha value is -0.683. The molecule has 0 N–H and O–H groups in total. The molecule has 1 aliphatic heterocycles. The van der Waals surface area contributed by atoms with Crippen LogP contribution in [0.2, 0.25) is 18.1 Å². The van der Waals surface area contributed by atoms with Gasteiger partial charge in [0.25, 0.3) is 0 Å². The molecule has 0 aromatic rings. The van der Waals surface area contributed by atoms with E-state index in [1.165, 1.54) is 95.2 Å². The van der Waals surface area contributed by atoms with Gasteiger partial charge in [-0.05, 0) is 18.1 Å². The predicted molar refractivity (Wildman–Crippen MR) is 118 cm³/mol. The lowest BCUT2D eigenvalue weighted by molar-refractivity contribution is -0.167. The molecule has 0 amide bonds. The first-order valence-corrected chi connectivity index (χ1v) is 14.5. The third-order valence-corrected chi connectivity index (χ3v) is 10.5. The molecule has 0 saturated carbocycles. The van der Waals surface area contributed by atoms with E-state index in [9.17, 15) is 9.59 Å². The Morgan fingerprint density at radius 2 is 1.11 bits per heavy atom. The molecule has 4 nitrogen and oxygen atoms in total. The number of esters is 2. The molecule has 1 heterocycles. The van der Waals surface area contributed by atoms with Crippen molar-refractivity contribution in [1.82, 2.24) is 0 Å². The lowest BCUT2D eigenvalue weighted by atomic mass is 10.1. The minimum absolute atomic E-state index is 0.246. The second-order valence-electron chi connectivity index (χ2n) is 8.61. The second kappa shape index (κ2) is 15.2. The lowest BCUT2D eigenvalue weighted by Gasteiger charge is -2.36. The first-order chi connectivity index (χ1) is 13.5. The summed E-state index contributed by atoms with van der Waals surface area (Å²) in [4.78, 5) is 23.5. The molecule has 5 heteroatoms. The summed E-state index contributed by atoms with van der Waals surface area (Å²) in [5.41, 5.74) is 0. The van der Waals surface area contributed by atoms with Crippen LogP contribution in [0.15, 0.2) is 0 Å². The van der Waals surface area contributed by atoms with E-state index < -0.39 is 20.3 Å². The number of rotatable bonds is 17. The summed E-state index contributed by atoms with van der Waals surface area (Å²) in [6.07, 6.45) is 15.3. The van der Waals surface area contributed by atoms with Gasteiger partial charge in [0.2, 0.25) is 0 Å². The Bertz CT molecular complexity index is 391. The molecule has 28 heavy (non-hydrogen) atoms. The van der Waals surface area contributed by atoms with E-state index >= 15 is 0 Å². The number of cyclic esters (lactones) is 2. The topological polar surface area (TPSA) is 52.6 Å². The summed E-state index contributed by atoms with van der Waals surface area (Å²) < 4.78 is 11.5. The van der Waals surface area contributed by atoms with Crippen molar-refractivity contribution in [3.05, 3.63) is 0 Å². The Balaban J connectivity index is 2.80. The van der Waals surface area contributed by atoms with E-state index in [1.54, 1.807) is 0 Å². The van der Waals surface area contributed by atoms with Gasteiger partial charge in [-0.3, -0.25) is 9.59 Å². The summed E-state index contributed by atoms with van der Waals surface area (Å²) >= 11 is 0. The molecule has 0 unspecified atom stereocenters. The highest BCUT2D eigenvalue weighted by Crippen LogP contribution is 2.34. The molecule has 0 aliphatic carbocycles. The van der Waals surface area contributed by atoms with Gasteiger partial charge < -0.3 is 9.16 Å². The van der Waals surface area contributed by atoms with E-state index in [0.717, 1.165) is 0 Å². The van der Waals surface area contributed by atoms with Crippen LogP contribution in [0.25, 0.3) is 0 Å². The van der Waals surface area contributed by atoms with Crippen molar-refractivity contribution >= 4 is 20.3 Å². The van der Waals surface area contributed by atoms with Crippen molar-refractivity contribution in [3.8, 4) is 0 Å². The second-order valence-corrected chi connectivity index (χ2v) is 12.7. The van der Waals surface area contributed by atoms with Crippen LogP contribution in [0.3, 0.4) is 0 Å². The summed E-state index contributed by atoms with van der Waals surface area (Å²) in [6, 6.07) is 3.56. The van der Waals surface area contributed by atoms with Crippen molar-refractivity contribution < 1.29 is 18.8 Å². The molecular weight excluding hydrogens is 368 g/mol. The smallest absolute Gasteiger partial charge is 0.316 e. The Kier molecular flexibility index (Phi) is 13.8. The predicted octanol–water partition coefficient (Wildman–Crippen LogP) is 6.92. The van der Waals surface area contributed by atoms with Gasteiger partial charge in [0.05, 0.1) is 18.9 Å². The van der Waals surface area contributed by atoms with Gasteiger partial charge in [-0.1, -0.05) is 97.8 Å². The average Bonchev–Trinajstić information content (AvgIpc) is 2.65. The third kappa shape index (κ3) is 10.8. The molecule has 0 bridgehead atoms. The fourth-order valence-electron chi connectivity index (χ4n) is 4.26. The summed E-state index contributed by atoms with van der Waals surface area (Å²) in [7, 11) is -1.95. The van der Waals surface area contributed by atoms with Crippen LogP contribution in [0.1, 0.15) is 111 Å². The first-order valence-electron chi connectivity index (χ1n) is 12.0. The van der Waals surface area contributed by atoms with Crippen LogP contribution in [0, 0.1) is 0 Å². The monoisotopic (exact) mass is 412 g/mol. The maximum absolute atomic E-state index is 11.8. The Labute approximate surface area is 174 Å². The quantitative estimate of drug-likeness (QED) is 0.113. The van der Waals surface area contributed by atoms with E-state index in [2.05, 4.69) is 20.8 Å². The zero-order valence-electron chi connectivity index (χ0n) is 18.7. The lowest BCUT2D eigenvalue weighted by Crippen LogP contribution is -2.45. The SMILES string of the molecule is CCCCCC[Si](CCCCCC)(CCCCCC)OC1CC(=O)OC(=O)C1. The van der Waals surface area contributed by atoms with Crippen LogP contribution in [0.5, 0.6) is 0 Å². The van der Waals surface area contributed by atoms with Crippen LogP contribution in [-0.4, -0.2) is 26.4 Å². The molecule has 0 atom stereocenters. The molecular formula is C23H44O4Si. The summed E-state index contributed by atoms with van der Waals surface area (Å²) in [6.45, 7) is 6.74. The van der Waals surface area contributed by atoms with E-state index in [4.69, 9.17) is 9.16 Å². The summed E-state index contributed by atoms with van der Waals surface area (Å²) in [5.74, 6) is -0.820. The van der Waals surface area contributed by atoms with Crippen molar-refractivity contribution in [3.63, 3.8) is 0 Å². The molecule has 0 aromatic carbocycles. The highest BCUT2D eigenvalue weighted by atomic mass is 28.4. The van der Waals surface area contributed by atoms with Crippen molar-refractivity contribution in [1.29, 1.82) is 0 Å². The van der Waals surface area contributed by atoms with Crippen molar-refractivity contribution in [2.24, 2.45) is 0 Å². The Morgan fingerprint density at radius 3 is 1.46 bits per heavy atom. The Morgan fingerprint density at radius 1 is 0.714 bits per heavy atom. The van der Waals surface area contributed by atoms with Gasteiger partial charge in [-0.2, -0.15) is 0 Å². The summed E-state index contributed by atoms with van der Waals surface area (Å²) in [5, 5.41) is 0. The van der Waals surface area contributed by atoms with Gasteiger partial charge in [0, 0.05) is 0 Å². The van der Waals surface area contributed by atoms with Crippen LogP contribution < -0.4 is 0 Å². The number of carbonyl (C=O) groups is 2. The highest BCUT2D eigenvalue weighted by Gasteiger charge is 2.39. The number of carbonyl (C=O) groups excluding carboxylic acids is 2. The minimum atomic E-state index is -1.95. The van der Waals surface area contributed by atoms with Gasteiger partial charge in [0.1, 0.15) is 0 Å². The van der Waals surface area contributed by atoms with Gasteiger partial charge in [-0.15, -0.1) is 0 Å². The molecule has 0 spiro atoms. The van der Waals surface area contributed by atoms with Crippen molar-refractivity contribution in [2.45, 2.75) is 135 Å². The standard InChI is InChI=1S/C23H44O4Si/c1-4-7-10-13-16-28(17-14-11-8-5-2,18-15-12-9-6-3)27-21-19-22(24)26-23(25)20-21/h21H,4-20H2,1-3H3. The zero-order valence-corrected chi connectivity index (χ0v) is 19.7. The van der Waals surface area contributed by atoms with E-state index in [0.29, 0.717) is 0 Å². The van der Waals surface area contributed by atoms with Crippen LogP contribution in [0.4, 0.5) is 0 Å². The number of unbranched alkanes of at least 4 members (excludes halogenated alkanes) is 9. The number of ether oxygens (including phenoxy) is 1. The average molecular weight is 413 g/mol. The van der Waals surface area contributed by atoms with Crippen LogP contribution >= 0.6 is 0 Å². The van der Waals surface area contributed by atoms with Crippen molar-refractivity contribution in [2.75, 3.05) is 0 Å². The molecule has 1 rings (SSSR count). The maximum atomic E-state index is 11.8. The fraction of sp³-hybridized carbons (Fsp3) is 0.913. The molecule has 1 fully saturated rings. The third-order valence-electron chi connectivity index (χ3n) is 5.89. The zero-order chi connectivity index (χ0) is 20.7. The molecule has 0 aromatic heterocycles. The van der Waals surface area contributed by atoms with E-state index in [-0.39, 0.29) is 18.9 Å². The molecule has 0 radical (unpaired) electrons. The van der Waals surface area contributed by atoms with E-state index in [1.807, 2.05) is 0 Å². The molecule has 164 valence electrons. The fourth-order valence-corrected chi connectivity index (χ4v) is 8.93. The molecule has 1 saturated heterocycles. The number of hydrogen-bond acceptors (Lipinski definition) is 4. The van der Waals surface area contributed by atoms with Gasteiger partial charge in [0.15, 0.2) is 8.32 Å². The van der Waals surface area contributed by atoms with Gasteiger partial charge >= 0.3 is 11.9 Å². The highest BCUT2D eigenvalue weighted by molar-refractivity contribution is 6.73. The number of hydrogen-bond donors (Lipinski definition) is 0. The van der Waals surface area contributed by atoms with Crippen LogP contribution in [-0.2, 0) is 18.8 Å². The first kappa shape index (κ1) is 25.4. The maximum Gasteiger partial charge on any atom is 0.316 e. The largest absolute Gasteiger partial charge is 0.413 e. The molecule has 1 aliphatic rings.